The second kappa shape index (κ2) is 12.6. The summed E-state index contributed by atoms with van der Waals surface area (Å²) in [5.41, 5.74) is 15.8. The minimum absolute atomic E-state index is 0.244. The molecule has 2 heterocycles. The third kappa shape index (κ3) is 5.05. The molecule has 262 valence electrons. The van der Waals surface area contributed by atoms with Gasteiger partial charge in [-0.05, 0) is 115 Å². The van der Waals surface area contributed by atoms with Crippen LogP contribution >= 0.6 is 0 Å². The zero-order valence-corrected chi connectivity index (χ0v) is 31.2. The highest BCUT2D eigenvalue weighted by Crippen LogP contribution is 2.52. The lowest BCUT2D eigenvalue weighted by Crippen LogP contribution is -2.29. The van der Waals surface area contributed by atoms with Crippen molar-refractivity contribution in [2.45, 2.75) is 26.3 Å². The number of hydrogen-bond donors (Lipinski definition) is 0. The molecule has 1 unspecified atom stereocenters. The van der Waals surface area contributed by atoms with Crippen molar-refractivity contribution in [2.24, 2.45) is 7.05 Å². The van der Waals surface area contributed by atoms with E-state index in [-0.39, 0.29) is 6.04 Å². The first-order valence-electron chi connectivity index (χ1n) is 18.9. The van der Waals surface area contributed by atoms with Crippen LogP contribution in [0.4, 0.5) is 39.8 Å². The molecule has 1 aliphatic carbocycles. The smallest absolute Gasteiger partial charge is 0.0559 e. The molecule has 0 amide bonds. The zero-order valence-electron chi connectivity index (χ0n) is 31.2. The molecular weight excluding hydrogens is 657 g/mol. The molecule has 0 spiro atoms. The Balaban J connectivity index is 1.16. The molecule has 0 radical (unpaired) electrons. The quantitative estimate of drug-likeness (QED) is 0.172. The third-order valence-electron chi connectivity index (χ3n) is 11.5. The van der Waals surface area contributed by atoms with E-state index >= 15 is 0 Å². The van der Waals surface area contributed by atoms with Crippen LogP contribution in [-0.2, 0) is 7.05 Å². The van der Waals surface area contributed by atoms with E-state index in [4.69, 9.17) is 0 Å². The summed E-state index contributed by atoms with van der Waals surface area (Å²) in [5.74, 6) is 0. The minimum Gasteiger partial charge on any atom is -0.344 e. The van der Waals surface area contributed by atoms with Gasteiger partial charge >= 0.3 is 0 Å². The first-order chi connectivity index (χ1) is 26.4. The van der Waals surface area contributed by atoms with Gasteiger partial charge < -0.3 is 19.3 Å². The van der Waals surface area contributed by atoms with Gasteiger partial charge in [0.1, 0.15) is 0 Å². The molecule has 0 saturated carbocycles. The number of benzene rings is 7. The summed E-state index contributed by atoms with van der Waals surface area (Å²) in [7, 11) is 4.45. The van der Waals surface area contributed by atoms with Crippen LogP contribution in [0.2, 0.25) is 0 Å². The highest BCUT2D eigenvalue weighted by molar-refractivity contribution is 6.28. The van der Waals surface area contributed by atoms with Crippen LogP contribution in [0.15, 0.2) is 164 Å². The van der Waals surface area contributed by atoms with E-state index in [9.17, 15) is 0 Å². The van der Waals surface area contributed by atoms with Gasteiger partial charge in [0.25, 0.3) is 0 Å². The maximum Gasteiger partial charge on any atom is 0.0559 e. The summed E-state index contributed by atoms with van der Waals surface area (Å²) >= 11 is 0. The Kier molecular flexibility index (Phi) is 7.48. The Bertz CT molecular complexity index is 2820. The average molecular weight is 699 g/mol. The van der Waals surface area contributed by atoms with Crippen molar-refractivity contribution < 1.29 is 0 Å². The van der Waals surface area contributed by atoms with E-state index < -0.39 is 0 Å². The number of nitrogens with zero attached hydrogens (tertiary/aromatic N) is 4. The molecule has 0 bridgehead atoms. The topological polar surface area (TPSA) is 14.7 Å². The van der Waals surface area contributed by atoms with Crippen LogP contribution in [0.3, 0.4) is 0 Å². The molecule has 0 saturated heterocycles. The number of anilines is 7. The van der Waals surface area contributed by atoms with Gasteiger partial charge in [0.05, 0.1) is 22.8 Å². The predicted molar refractivity (Wildman–Crippen MR) is 231 cm³/mol. The Labute approximate surface area is 317 Å². The lowest BCUT2D eigenvalue weighted by Gasteiger charge is -2.33. The van der Waals surface area contributed by atoms with E-state index in [2.05, 4.69) is 211 Å². The van der Waals surface area contributed by atoms with Crippen LogP contribution in [0, 0.1) is 13.8 Å². The van der Waals surface area contributed by atoms with Crippen molar-refractivity contribution in [1.29, 1.82) is 0 Å². The molecular formula is C50H42N4. The SMILES string of the molecule is Cc1cccc(N(c2ccccc2)c2ccc3c(c2)N(C)c2cccc4c2c-3cc2c4c3ccc(N(c4cccc(C)c4)C4C=CC=CC4)cc3n2C)c1. The monoisotopic (exact) mass is 698 g/mol. The van der Waals surface area contributed by atoms with Crippen molar-refractivity contribution in [3.05, 3.63) is 175 Å². The fourth-order valence-corrected chi connectivity index (χ4v) is 8.93. The van der Waals surface area contributed by atoms with Crippen molar-refractivity contribution in [2.75, 3.05) is 21.7 Å². The van der Waals surface area contributed by atoms with Crippen LogP contribution in [0.1, 0.15) is 17.5 Å². The summed E-state index contributed by atoms with van der Waals surface area (Å²) in [6.07, 6.45) is 9.90. The van der Waals surface area contributed by atoms with Crippen LogP contribution in [-0.4, -0.2) is 17.7 Å². The van der Waals surface area contributed by atoms with Gasteiger partial charge in [-0.3, -0.25) is 0 Å². The molecule has 1 aromatic heterocycles. The van der Waals surface area contributed by atoms with Gasteiger partial charge in [-0.15, -0.1) is 0 Å². The molecule has 10 rings (SSSR count). The Morgan fingerprint density at radius 3 is 2.00 bits per heavy atom. The molecule has 4 heteroatoms. The second-order valence-corrected chi connectivity index (χ2v) is 14.9. The van der Waals surface area contributed by atoms with Crippen LogP contribution in [0.5, 0.6) is 0 Å². The van der Waals surface area contributed by atoms with E-state index in [1.54, 1.807) is 0 Å². The van der Waals surface area contributed by atoms with Crippen LogP contribution in [0.25, 0.3) is 43.7 Å². The molecule has 2 aliphatic rings. The summed E-state index contributed by atoms with van der Waals surface area (Å²) in [4.78, 5) is 7.24. The first-order valence-corrected chi connectivity index (χ1v) is 18.9. The summed E-state index contributed by atoms with van der Waals surface area (Å²) < 4.78 is 2.41. The van der Waals surface area contributed by atoms with Gasteiger partial charge in [-0.1, -0.05) is 91.0 Å². The number of aryl methyl sites for hydroxylation is 3. The fourth-order valence-electron chi connectivity index (χ4n) is 8.93. The summed E-state index contributed by atoms with van der Waals surface area (Å²) in [6, 6.07) is 51.9. The van der Waals surface area contributed by atoms with Crippen molar-refractivity contribution in [3.8, 4) is 11.1 Å². The average Bonchev–Trinajstić information content (AvgIpc) is 3.48. The first kappa shape index (κ1) is 32.2. The van der Waals surface area contributed by atoms with Gasteiger partial charge in [-0.2, -0.15) is 0 Å². The second-order valence-electron chi connectivity index (χ2n) is 14.9. The van der Waals surface area contributed by atoms with Gasteiger partial charge in [0.15, 0.2) is 0 Å². The van der Waals surface area contributed by atoms with Gasteiger partial charge in [0, 0.05) is 69.9 Å². The molecule has 8 aromatic rings. The number of aromatic nitrogens is 1. The van der Waals surface area contributed by atoms with E-state index in [0.717, 1.165) is 23.5 Å². The fraction of sp³-hybridized carbons (Fsp3) is 0.120. The normalized spacial score (nSPS) is 14.6. The third-order valence-corrected chi connectivity index (χ3v) is 11.5. The Morgan fingerprint density at radius 1 is 0.519 bits per heavy atom. The van der Waals surface area contributed by atoms with Crippen LogP contribution < -0.4 is 14.7 Å². The summed E-state index contributed by atoms with van der Waals surface area (Å²) in [5, 5.41) is 5.19. The van der Waals surface area contributed by atoms with Gasteiger partial charge in [-0.25, -0.2) is 0 Å². The predicted octanol–water partition coefficient (Wildman–Crippen LogP) is 13.3. The number of rotatable bonds is 6. The maximum absolute atomic E-state index is 2.50. The van der Waals surface area contributed by atoms with Crippen molar-refractivity contribution in [1.82, 2.24) is 4.57 Å². The minimum atomic E-state index is 0.244. The Hall–Kier alpha value is -6.52. The molecule has 1 aliphatic heterocycles. The molecule has 0 fully saturated rings. The van der Waals surface area contributed by atoms with E-state index in [0.29, 0.717) is 0 Å². The maximum atomic E-state index is 2.50. The number of hydrogen-bond acceptors (Lipinski definition) is 3. The molecule has 7 aromatic carbocycles. The van der Waals surface area contributed by atoms with E-state index in [1.807, 2.05) is 0 Å². The highest BCUT2D eigenvalue weighted by atomic mass is 15.2. The number of fused-ring (bicyclic) bond motifs is 6. The molecule has 1 atom stereocenters. The molecule has 54 heavy (non-hydrogen) atoms. The molecule has 4 nitrogen and oxygen atoms in total. The van der Waals surface area contributed by atoms with Crippen molar-refractivity contribution in [3.63, 3.8) is 0 Å². The largest absolute Gasteiger partial charge is 0.344 e. The summed E-state index contributed by atoms with van der Waals surface area (Å²) in [6.45, 7) is 4.33. The highest BCUT2D eigenvalue weighted by Gasteiger charge is 2.28. The standard InChI is InChI=1S/C50H42N4/c1-33-14-11-20-37(28-33)53(35-16-7-5-8-17-35)39-24-26-41-44-32-48-49(43-22-13-23-45(50(43)44)51(3)46(41)30-39)42-27-25-40(31-47(42)52(48)4)54(36-18-9-6-10-19-36)38-21-12-15-34(2)29-38/h5-18,20-32,36H,19H2,1-4H3. The zero-order chi connectivity index (χ0) is 36.5. The van der Waals surface area contributed by atoms with Crippen molar-refractivity contribution >= 4 is 72.4 Å². The van der Waals surface area contributed by atoms with E-state index in [1.165, 1.54) is 77.6 Å². The number of para-hydroxylation sites is 1. The molecule has 0 N–H and O–H groups in total. The Morgan fingerprint density at radius 2 is 1.22 bits per heavy atom. The number of allylic oxidation sites excluding steroid dienone is 2. The lowest BCUT2D eigenvalue weighted by atomic mass is 9.89. The lowest BCUT2D eigenvalue weighted by molar-refractivity contribution is 0.785. The van der Waals surface area contributed by atoms with Gasteiger partial charge in [0.2, 0.25) is 0 Å².